The van der Waals surface area contributed by atoms with E-state index in [2.05, 4.69) is 17.0 Å². The molecule has 3 heterocycles. The van der Waals surface area contributed by atoms with Crippen LogP contribution in [0.25, 0.3) is 16.9 Å². The SMILES string of the molecule is Cc1cccc(-n2nc(-c3ccccc3)cc2C(=O)N2CCN(Cc3ccc4c(c3)OCO4)CC2)c1. The molecule has 3 aromatic carbocycles. The average molecular weight is 481 g/mol. The standard InChI is InChI=1S/C29H28N4O3/c1-21-6-5-9-24(16-21)33-26(18-25(30-33)23-7-3-2-4-8-23)29(34)32-14-12-31(13-15-32)19-22-10-11-27-28(17-22)36-20-35-27/h2-11,16-18H,12-15,19-20H2,1H3. The fourth-order valence-electron chi connectivity index (χ4n) is 4.81. The first-order valence-corrected chi connectivity index (χ1v) is 12.3. The van der Waals surface area contributed by atoms with Crippen molar-refractivity contribution in [1.82, 2.24) is 19.6 Å². The lowest BCUT2D eigenvalue weighted by Crippen LogP contribution is -2.48. The second-order valence-electron chi connectivity index (χ2n) is 9.29. The largest absolute Gasteiger partial charge is 0.454 e. The lowest BCUT2D eigenvalue weighted by atomic mass is 10.1. The molecule has 1 amide bonds. The number of fused-ring (bicyclic) bond motifs is 1. The van der Waals surface area contributed by atoms with E-state index in [0.717, 1.165) is 53.6 Å². The van der Waals surface area contributed by atoms with Crippen molar-refractivity contribution in [1.29, 1.82) is 0 Å². The smallest absolute Gasteiger partial charge is 0.272 e. The molecular formula is C29H28N4O3. The number of hydrogen-bond donors (Lipinski definition) is 0. The summed E-state index contributed by atoms with van der Waals surface area (Å²) < 4.78 is 12.7. The predicted molar refractivity (Wildman–Crippen MR) is 137 cm³/mol. The van der Waals surface area contributed by atoms with E-state index in [1.54, 1.807) is 4.68 Å². The van der Waals surface area contributed by atoms with Crippen molar-refractivity contribution in [2.24, 2.45) is 0 Å². The van der Waals surface area contributed by atoms with E-state index >= 15 is 0 Å². The van der Waals surface area contributed by atoms with Crippen molar-refractivity contribution < 1.29 is 14.3 Å². The number of amides is 1. The van der Waals surface area contributed by atoms with Crippen LogP contribution >= 0.6 is 0 Å². The van der Waals surface area contributed by atoms with Gasteiger partial charge in [0.15, 0.2) is 11.5 Å². The normalized spacial score (nSPS) is 15.3. The molecule has 0 spiro atoms. The first kappa shape index (κ1) is 22.4. The second kappa shape index (κ2) is 9.51. The number of piperazine rings is 1. The van der Waals surface area contributed by atoms with Gasteiger partial charge in [-0.2, -0.15) is 5.10 Å². The Balaban J connectivity index is 1.20. The fourth-order valence-corrected chi connectivity index (χ4v) is 4.81. The van der Waals surface area contributed by atoms with Crippen LogP contribution in [0.1, 0.15) is 21.6 Å². The van der Waals surface area contributed by atoms with Crippen molar-refractivity contribution >= 4 is 5.91 Å². The molecule has 182 valence electrons. The summed E-state index contributed by atoms with van der Waals surface area (Å²) in [7, 11) is 0. The van der Waals surface area contributed by atoms with Crippen LogP contribution in [-0.4, -0.2) is 58.5 Å². The Morgan fingerprint density at radius 3 is 2.47 bits per heavy atom. The maximum atomic E-state index is 13.7. The molecule has 6 rings (SSSR count). The Hall–Kier alpha value is -4.10. The number of benzene rings is 3. The molecule has 1 aromatic heterocycles. The number of nitrogens with zero attached hydrogens (tertiary/aromatic N) is 4. The molecule has 2 aliphatic rings. The minimum atomic E-state index is 0.00826. The third-order valence-electron chi connectivity index (χ3n) is 6.75. The van der Waals surface area contributed by atoms with E-state index < -0.39 is 0 Å². The molecule has 0 aliphatic carbocycles. The van der Waals surface area contributed by atoms with Crippen LogP contribution in [-0.2, 0) is 6.54 Å². The Bertz CT molecular complexity index is 1390. The van der Waals surface area contributed by atoms with Gasteiger partial charge in [-0.05, 0) is 48.4 Å². The lowest BCUT2D eigenvalue weighted by Gasteiger charge is -2.34. The van der Waals surface area contributed by atoms with E-state index in [9.17, 15) is 4.79 Å². The summed E-state index contributed by atoms with van der Waals surface area (Å²) in [4.78, 5) is 18.0. The third kappa shape index (κ3) is 4.45. The molecule has 4 aromatic rings. The predicted octanol–water partition coefficient (Wildman–Crippen LogP) is 4.53. The third-order valence-corrected chi connectivity index (χ3v) is 6.75. The summed E-state index contributed by atoms with van der Waals surface area (Å²) in [5.74, 6) is 1.61. The van der Waals surface area contributed by atoms with Crippen molar-refractivity contribution in [3.63, 3.8) is 0 Å². The maximum absolute atomic E-state index is 13.7. The van der Waals surface area contributed by atoms with Crippen molar-refractivity contribution in [3.05, 3.63) is 95.7 Å². The van der Waals surface area contributed by atoms with Crippen LogP contribution in [0.5, 0.6) is 11.5 Å². The van der Waals surface area contributed by atoms with E-state index in [4.69, 9.17) is 14.6 Å². The number of carbonyl (C=O) groups is 1. The average Bonchev–Trinajstić information content (AvgIpc) is 3.57. The van der Waals surface area contributed by atoms with Gasteiger partial charge in [-0.25, -0.2) is 4.68 Å². The quantitative estimate of drug-likeness (QED) is 0.420. The second-order valence-corrected chi connectivity index (χ2v) is 9.29. The minimum Gasteiger partial charge on any atom is -0.454 e. The minimum absolute atomic E-state index is 0.00826. The summed E-state index contributed by atoms with van der Waals surface area (Å²) in [5, 5.41) is 4.84. The first-order chi connectivity index (χ1) is 17.6. The Labute approximate surface area is 210 Å². The Kier molecular flexibility index (Phi) is 5.91. The molecular weight excluding hydrogens is 452 g/mol. The zero-order valence-electron chi connectivity index (χ0n) is 20.3. The fraction of sp³-hybridized carbons (Fsp3) is 0.241. The molecule has 0 radical (unpaired) electrons. The highest BCUT2D eigenvalue weighted by molar-refractivity contribution is 5.94. The summed E-state index contributed by atoms with van der Waals surface area (Å²) in [6.07, 6.45) is 0. The van der Waals surface area contributed by atoms with Crippen LogP contribution in [0, 0.1) is 6.92 Å². The highest BCUT2D eigenvalue weighted by Crippen LogP contribution is 2.33. The van der Waals surface area contributed by atoms with Gasteiger partial charge in [-0.15, -0.1) is 0 Å². The van der Waals surface area contributed by atoms with Gasteiger partial charge >= 0.3 is 0 Å². The van der Waals surface area contributed by atoms with Crippen LogP contribution < -0.4 is 9.47 Å². The zero-order valence-corrected chi connectivity index (χ0v) is 20.3. The molecule has 1 saturated heterocycles. The number of ether oxygens (including phenoxy) is 2. The van der Waals surface area contributed by atoms with Crippen LogP contribution in [0.15, 0.2) is 78.9 Å². The summed E-state index contributed by atoms with van der Waals surface area (Å²) >= 11 is 0. The monoisotopic (exact) mass is 480 g/mol. The number of carbonyl (C=O) groups excluding carboxylic acids is 1. The summed E-state index contributed by atoms with van der Waals surface area (Å²) in [5.41, 5.74) is 5.57. The van der Waals surface area contributed by atoms with Gasteiger partial charge in [0.1, 0.15) is 5.69 Å². The topological polar surface area (TPSA) is 59.8 Å². The van der Waals surface area contributed by atoms with Gasteiger partial charge < -0.3 is 14.4 Å². The summed E-state index contributed by atoms with van der Waals surface area (Å²) in [6.45, 7) is 6.11. The van der Waals surface area contributed by atoms with E-state index in [1.165, 1.54) is 5.56 Å². The Morgan fingerprint density at radius 2 is 1.67 bits per heavy atom. The van der Waals surface area contributed by atoms with E-state index in [1.807, 2.05) is 78.6 Å². The molecule has 0 atom stereocenters. The molecule has 7 nitrogen and oxygen atoms in total. The molecule has 36 heavy (non-hydrogen) atoms. The molecule has 2 aliphatic heterocycles. The van der Waals surface area contributed by atoms with Crippen molar-refractivity contribution in [2.45, 2.75) is 13.5 Å². The molecule has 0 bridgehead atoms. The highest BCUT2D eigenvalue weighted by atomic mass is 16.7. The molecule has 1 fully saturated rings. The number of rotatable bonds is 5. The van der Waals surface area contributed by atoms with Crippen LogP contribution in [0.4, 0.5) is 0 Å². The van der Waals surface area contributed by atoms with Gasteiger partial charge in [0, 0.05) is 38.3 Å². The van der Waals surface area contributed by atoms with Gasteiger partial charge in [0.2, 0.25) is 6.79 Å². The van der Waals surface area contributed by atoms with Gasteiger partial charge in [-0.1, -0.05) is 48.5 Å². The number of aromatic nitrogens is 2. The molecule has 0 saturated carbocycles. The van der Waals surface area contributed by atoms with Crippen LogP contribution in [0.3, 0.4) is 0 Å². The van der Waals surface area contributed by atoms with Gasteiger partial charge in [0.25, 0.3) is 5.91 Å². The van der Waals surface area contributed by atoms with E-state index in [0.29, 0.717) is 18.8 Å². The molecule has 0 unspecified atom stereocenters. The first-order valence-electron chi connectivity index (χ1n) is 12.3. The Morgan fingerprint density at radius 1 is 0.861 bits per heavy atom. The number of hydrogen-bond acceptors (Lipinski definition) is 5. The maximum Gasteiger partial charge on any atom is 0.272 e. The number of aryl methyl sites for hydroxylation is 1. The lowest BCUT2D eigenvalue weighted by molar-refractivity contribution is 0.0619. The molecule has 7 heteroatoms. The van der Waals surface area contributed by atoms with Gasteiger partial charge in [-0.3, -0.25) is 9.69 Å². The van der Waals surface area contributed by atoms with Crippen molar-refractivity contribution in [2.75, 3.05) is 33.0 Å². The van der Waals surface area contributed by atoms with E-state index in [-0.39, 0.29) is 12.7 Å². The van der Waals surface area contributed by atoms with Crippen molar-refractivity contribution in [3.8, 4) is 28.4 Å². The van der Waals surface area contributed by atoms with Crippen LogP contribution in [0.2, 0.25) is 0 Å². The van der Waals surface area contributed by atoms with Gasteiger partial charge in [0.05, 0.1) is 11.4 Å². The molecule has 0 N–H and O–H groups in total. The highest BCUT2D eigenvalue weighted by Gasteiger charge is 2.26. The zero-order chi connectivity index (χ0) is 24.5. The summed E-state index contributed by atoms with van der Waals surface area (Å²) in [6, 6.07) is 26.1.